The van der Waals surface area contributed by atoms with Gasteiger partial charge in [0.15, 0.2) is 5.89 Å². The zero-order valence-corrected chi connectivity index (χ0v) is 13.6. The van der Waals surface area contributed by atoms with Gasteiger partial charge in [0.05, 0.1) is 11.4 Å². The lowest BCUT2D eigenvalue weighted by molar-refractivity contribution is 0.392. The Hall–Kier alpha value is -1.58. The molecule has 110 valence electrons. The van der Waals surface area contributed by atoms with Gasteiger partial charge in [0.1, 0.15) is 6.26 Å². The summed E-state index contributed by atoms with van der Waals surface area (Å²) < 4.78 is 7.48. The van der Waals surface area contributed by atoms with Gasteiger partial charge < -0.3 is 4.42 Å². The van der Waals surface area contributed by atoms with Crippen LogP contribution >= 0.6 is 0 Å². The van der Waals surface area contributed by atoms with Crippen LogP contribution in [0.3, 0.4) is 0 Å². The van der Waals surface area contributed by atoms with Gasteiger partial charge >= 0.3 is 0 Å². The Morgan fingerprint density at radius 1 is 1.20 bits per heavy atom. The Labute approximate surface area is 121 Å². The van der Waals surface area contributed by atoms with Gasteiger partial charge in [0.25, 0.3) is 0 Å². The van der Waals surface area contributed by atoms with E-state index < -0.39 is 0 Å². The molecule has 0 N–H and O–H groups in total. The smallest absolute Gasteiger partial charge is 0.199 e. The highest BCUT2D eigenvalue weighted by Crippen LogP contribution is 2.29. The van der Waals surface area contributed by atoms with Crippen molar-refractivity contribution >= 4 is 0 Å². The van der Waals surface area contributed by atoms with Crippen LogP contribution in [-0.2, 0) is 24.3 Å². The first-order valence-electron chi connectivity index (χ1n) is 7.05. The van der Waals surface area contributed by atoms with Crippen LogP contribution in [-0.4, -0.2) is 14.8 Å². The molecule has 0 fully saturated rings. The summed E-state index contributed by atoms with van der Waals surface area (Å²) in [7, 11) is 1.96. The maximum Gasteiger partial charge on any atom is 0.199 e. The monoisotopic (exact) mass is 275 g/mol. The molecule has 2 aromatic heterocycles. The summed E-state index contributed by atoms with van der Waals surface area (Å²) in [4.78, 5) is 4.63. The highest BCUT2D eigenvalue weighted by Gasteiger charge is 2.28. The first kappa shape index (κ1) is 14.8. The number of nitrogens with zero attached hydrogens (tertiary/aromatic N) is 3. The van der Waals surface area contributed by atoms with Crippen LogP contribution in [0, 0.1) is 6.92 Å². The Morgan fingerprint density at radius 3 is 2.30 bits per heavy atom. The summed E-state index contributed by atoms with van der Waals surface area (Å²) in [5, 5.41) is 4.59. The molecule has 0 saturated heterocycles. The standard InChI is InChI=1S/C16H25N3O/c1-11-9-19(7)18-13(11)16(5,6)8-12-10-20-14(17-12)15(2,3)4/h9-10H,8H2,1-7H3. The second-order valence-electron chi connectivity index (χ2n) is 7.29. The molecular weight excluding hydrogens is 250 g/mol. The molecule has 20 heavy (non-hydrogen) atoms. The molecule has 0 aliphatic rings. The number of aryl methyl sites for hydroxylation is 2. The molecule has 2 heterocycles. The largest absolute Gasteiger partial charge is 0.448 e. The molecule has 0 aliphatic carbocycles. The lowest BCUT2D eigenvalue weighted by Crippen LogP contribution is -2.23. The van der Waals surface area contributed by atoms with Crippen molar-refractivity contribution < 1.29 is 4.42 Å². The average Bonchev–Trinajstić information content (AvgIpc) is 2.84. The van der Waals surface area contributed by atoms with Gasteiger partial charge in [-0.15, -0.1) is 0 Å². The van der Waals surface area contributed by atoms with Crippen molar-refractivity contribution in [2.75, 3.05) is 0 Å². The van der Waals surface area contributed by atoms with E-state index in [-0.39, 0.29) is 10.8 Å². The fourth-order valence-corrected chi connectivity index (χ4v) is 2.55. The van der Waals surface area contributed by atoms with E-state index in [1.807, 2.05) is 11.7 Å². The SMILES string of the molecule is Cc1cn(C)nc1C(C)(C)Cc1coc(C(C)(C)C)n1. The molecule has 0 aliphatic heterocycles. The van der Waals surface area contributed by atoms with Gasteiger partial charge in [0.2, 0.25) is 0 Å². The average molecular weight is 275 g/mol. The zero-order valence-electron chi connectivity index (χ0n) is 13.6. The first-order chi connectivity index (χ1) is 9.09. The third kappa shape index (κ3) is 2.94. The summed E-state index contributed by atoms with van der Waals surface area (Å²) in [5.74, 6) is 0.793. The van der Waals surface area contributed by atoms with Gasteiger partial charge in [0, 0.05) is 30.5 Å². The summed E-state index contributed by atoms with van der Waals surface area (Å²) in [6, 6.07) is 0. The molecule has 0 radical (unpaired) electrons. The lowest BCUT2D eigenvalue weighted by Gasteiger charge is -2.22. The molecule has 2 aromatic rings. The van der Waals surface area contributed by atoms with Gasteiger partial charge in [-0.25, -0.2) is 4.98 Å². The molecule has 0 saturated carbocycles. The zero-order chi connectivity index (χ0) is 15.1. The van der Waals surface area contributed by atoms with Crippen molar-refractivity contribution in [1.82, 2.24) is 14.8 Å². The Balaban J connectivity index is 2.24. The Bertz CT molecular complexity index is 600. The van der Waals surface area contributed by atoms with Crippen molar-refractivity contribution in [1.29, 1.82) is 0 Å². The first-order valence-corrected chi connectivity index (χ1v) is 7.05. The summed E-state index contributed by atoms with van der Waals surface area (Å²) in [6.07, 6.45) is 4.66. The van der Waals surface area contributed by atoms with Crippen LogP contribution in [0.4, 0.5) is 0 Å². The van der Waals surface area contributed by atoms with Crippen molar-refractivity contribution in [3.63, 3.8) is 0 Å². The van der Waals surface area contributed by atoms with Crippen LogP contribution in [0.1, 0.15) is 57.5 Å². The molecular formula is C16H25N3O. The molecule has 4 heteroatoms. The quantitative estimate of drug-likeness (QED) is 0.860. The molecule has 0 unspecified atom stereocenters. The normalized spacial score (nSPS) is 12.9. The van der Waals surface area contributed by atoms with E-state index in [1.54, 1.807) is 6.26 Å². The maximum atomic E-state index is 5.61. The second-order valence-corrected chi connectivity index (χ2v) is 7.29. The Kier molecular flexibility index (Phi) is 3.53. The summed E-state index contributed by atoms with van der Waals surface area (Å²) in [6.45, 7) is 12.8. The van der Waals surface area contributed by atoms with Crippen molar-refractivity contribution in [2.24, 2.45) is 7.05 Å². The van der Waals surface area contributed by atoms with Crippen molar-refractivity contribution in [3.05, 3.63) is 35.3 Å². The minimum Gasteiger partial charge on any atom is -0.448 e. The van der Waals surface area contributed by atoms with E-state index >= 15 is 0 Å². The van der Waals surface area contributed by atoms with Crippen LogP contribution < -0.4 is 0 Å². The third-order valence-electron chi connectivity index (χ3n) is 3.47. The molecule has 0 aromatic carbocycles. The topological polar surface area (TPSA) is 43.9 Å². The lowest BCUT2D eigenvalue weighted by atomic mass is 9.83. The molecule has 2 rings (SSSR count). The van der Waals surface area contributed by atoms with Crippen LogP contribution in [0.5, 0.6) is 0 Å². The molecule has 0 atom stereocenters. The highest BCUT2D eigenvalue weighted by molar-refractivity contribution is 5.25. The van der Waals surface area contributed by atoms with E-state index in [4.69, 9.17) is 4.42 Å². The van der Waals surface area contributed by atoms with Crippen LogP contribution in [0.15, 0.2) is 16.9 Å². The summed E-state index contributed by atoms with van der Waals surface area (Å²) in [5.41, 5.74) is 3.23. The van der Waals surface area contributed by atoms with Gasteiger partial charge in [-0.2, -0.15) is 5.10 Å². The Morgan fingerprint density at radius 2 is 1.85 bits per heavy atom. The second kappa shape index (κ2) is 4.76. The molecule has 0 spiro atoms. The fraction of sp³-hybridized carbons (Fsp3) is 0.625. The van der Waals surface area contributed by atoms with E-state index in [1.165, 1.54) is 5.56 Å². The highest BCUT2D eigenvalue weighted by atomic mass is 16.3. The van der Waals surface area contributed by atoms with Crippen LogP contribution in [0.2, 0.25) is 0 Å². The van der Waals surface area contributed by atoms with Gasteiger partial charge in [-0.1, -0.05) is 34.6 Å². The predicted octanol–water partition coefficient (Wildman–Crippen LogP) is 3.53. The molecule has 4 nitrogen and oxygen atoms in total. The van der Waals surface area contributed by atoms with Gasteiger partial charge in [-0.05, 0) is 12.5 Å². The molecule has 0 bridgehead atoms. The number of hydrogen-bond acceptors (Lipinski definition) is 3. The number of hydrogen-bond donors (Lipinski definition) is 0. The van der Waals surface area contributed by atoms with E-state index in [0.717, 1.165) is 23.7 Å². The van der Waals surface area contributed by atoms with Crippen LogP contribution in [0.25, 0.3) is 0 Å². The minimum atomic E-state index is -0.0582. The van der Waals surface area contributed by atoms with E-state index in [9.17, 15) is 0 Å². The maximum absolute atomic E-state index is 5.61. The number of aromatic nitrogens is 3. The van der Waals surface area contributed by atoms with E-state index in [2.05, 4.69) is 57.8 Å². The van der Waals surface area contributed by atoms with Gasteiger partial charge in [-0.3, -0.25) is 4.68 Å². The fourth-order valence-electron chi connectivity index (χ4n) is 2.55. The third-order valence-corrected chi connectivity index (χ3v) is 3.47. The summed E-state index contributed by atoms with van der Waals surface area (Å²) >= 11 is 0. The minimum absolute atomic E-state index is 0.0523. The van der Waals surface area contributed by atoms with Crippen molar-refractivity contribution in [2.45, 2.75) is 58.8 Å². The molecule has 0 amide bonds. The van der Waals surface area contributed by atoms with Crippen molar-refractivity contribution in [3.8, 4) is 0 Å². The van der Waals surface area contributed by atoms with E-state index in [0.29, 0.717) is 0 Å². The number of oxazole rings is 1. The predicted molar refractivity (Wildman–Crippen MR) is 79.9 cm³/mol. The number of rotatable bonds is 3.